The van der Waals surface area contributed by atoms with Crippen molar-refractivity contribution < 1.29 is 0 Å². The zero-order valence-corrected chi connectivity index (χ0v) is 17.7. The lowest BCUT2D eigenvalue weighted by Crippen LogP contribution is -1.71. The standard InChI is InChI=1S/2C6H3BrClI/c2*7-5-3-4(8)1-2-6(5)9/h2*1-3H. The molecule has 0 atom stereocenters. The molecule has 2 rings (SSSR count). The van der Waals surface area contributed by atoms with Crippen molar-refractivity contribution >= 4 is 100 Å². The van der Waals surface area contributed by atoms with Gasteiger partial charge in [-0.25, -0.2) is 0 Å². The molecule has 0 amide bonds. The summed E-state index contributed by atoms with van der Waals surface area (Å²) in [6.07, 6.45) is 0. The summed E-state index contributed by atoms with van der Waals surface area (Å²) in [6, 6.07) is 11.4. The second kappa shape index (κ2) is 8.67. The second-order valence-corrected chi connectivity index (χ2v) is 8.02. The van der Waals surface area contributed by atoms with Crippen molar-refractivity contribution in [1.82, 2.24) is 0 Å². The number of benzene rings is 2. The molecule has 96 valence electrons. The Labute approximate surface area is 160 Å². The van der Waals surface area contributed by atoms with Crippen molar-refractivity contribution in [2.75, 3.05) is 0 Å². The van der Waals surface area contributed by atoms with E-state index < -0.39 is 0 Å². The van der Waals surface area contributed by atoms with Crippen LogP contribution in [0.5, 0.6) is 0 Å². The van der Waals surface area contributed by atoms with E-state index in [9.17, 15) is 0 Å². The number of hydrogen-bond donors (Lipinski definition) is 0. The number of rotatable bonds is 0. The minimum absolute atomic E-state index is 0.766. The lowest BCUT2D eigenvalue weighted by molar-refractivity contribution is 1.59. The quantitative estimate of drug-likeness (QED) is 0.209. The highest BCUT2D eigenvalue weighted by atomic mass is 127. The minimum Gasteiger partial charge on any atom is -0.0843 e. The molecule has 2 aromatic rings. The van der Waals surface area contributed by atoms with Crippen LogP contribution in [0.2, 0.25) is 10.0 Å². The fraction of sp³-hybridized carbons (Fsp3) is 0. The zero-order valence-electron chi connectivity index (χ0n) is 8.73. The van der Waals surface area contributed by atoms with E-state index in [1.54, 1.807) is 0 Å². The van der Waals surface area contributed by atoms with Gasteiger partial charge in [-0.2, -0.15) is 0 Å². The Bertz CT molecular complexity index is 498. The molecule has 0 aromatic heterocycles. The maximum atomic E-state index is 5.68. The second-order valence-electron chi connectivity index (χ2n) is 3.12. The van der Waals surface area contributed by atoms with Crippen LogP contribution in [0, 0.1) is 7.14 Å². The van der Waals surface area contributed by atoms with Gasteiger partial charge < -0.3 is 0 Å². The lowest BCUT2D eigenvalue weighted by atomic mass is 10.4. The molecule has 0 saturated heterocycles. The van der Waals surface area contributed by atoms with Gasteiger partial charge in [0.25, 0.3) is 0 Å². The van der Waals surface area contributed by atoms with Gasteiger partial charge in [0, 0.05) is 26.1 Å². The van der Waals surface area contributed by atoms with Crippen molar-refractivity contribution in [3.63, 3.8) is 0 Å². The van der Waals surface area contributed by atoms with Gasteiger partial charge in [0.2, 0.25) is 0 Å². The number of halogens is 6. The fourth-order valence-electron chi connectivity index (χ4n) is 0.941. The van der Waals surface area contributed by atoms with Crippen LogP contribution < -0.4 is 0 Å². The molecule has 0 unspecified atom stereocenters. The highest BCUT2D eigenvalue weighted by Crippen LogP contribution is 2.23. The van der Waals surface area contributed by atoms with E-state index >= 15 is 0 Å². The smallest absolute Gasteiger partial charge is 0.0417 e. The summed E-state index contributed by atoms with van der Waals surface area (Å²) in [4.78, 5) is 0. The molecule has 18 heavy (non-hydrogen) atoms. The summed E-state index contributed by atoms with van der Waals surface area (Å²) in [5.41, 5.74) is 0. The molecule has 6 heteroatoms. The van der Waals surface area contributed by atoms with Crippen LogP contribution in [-0.2, 0) is 0 Å². The molecule has 0 aliphatic heterocycles. The van der Waals surface area contributed by atoms with E-state index in [0.717, 1.165) is 19.0 Å². The normalized spacial score (nSPS) is 9.67. The van der Waals surface area contributed by atoms with Gasteiger partial charge in [0.05, 0.1) is 0 Å². The Balaban J connectivity index is 0.000000180. The van der Waals surface area contributed by atoms with E-state index in [1.807, 2.05) is 36.4 Å². The molecule has 0 bridgehead atoms. The van der Waals surface area contributed by atoms with Crippen molar-refractivity contribution in [3.05, 3.63) is 62.5 Å². The molecule has 0 radical (unpaired) electrons. The molecule has 0 N–H and O–H groups in total. The summed E-state index contributed by atoms with van der Waals surface area (Å²) in [5.74, 6) is 0. The van der Waals surface area contributed by atoms with Gasteiger partial charge in [-0.3, -0.25) is 0 Å². The first kappa shape index (κ1) is 17.5. The molecule has 0 heterocycles. The zero-order chi connectivity index (χ0) is 13.7. The first-order valence-corrected chi connectivity index (χ1v) is 9.11. The predicted octanol–water partition coefficient (Wildman–Crippen LogP) is 7.41. The van der Waals surface area contributed by atoms with Crippen molar-refractivity contribution in [1.29, 1.82) is 0 Å². The van der Waals surface area contributed by atoms with Crippen LogP contribution in [0.25, 0.3) is 0 Å². The molecule has 0 spiro atoms. The van der Waals surface area contributed by atoms with Crippen LogP contribution in [0.4, 0.5) is 0 Å². The van der Waals surface area contributed by atoms with Gasteiger partial charge in [-0.1, -0.05) is 23.2 Å². The van der Waals surface area contributed by atoms with Gasteiger partial charge in [-0.05, 0) is 113 Å². The maximum absolute atomic E-state index is 5.68. The van der Waals surface area contributed by atoms with Crippen LogP contribution in [0.1, 0.15) is 0 Å². The molecule has 0 fully saturated rings. The minimum atomic E-state index is 0.766. The summed E-state index contributed by atoms with van der Waals surface area (Å²) >= 11 is 22.5. The Kier molecular flexibility index (Phi) is 8.42. The van der Waals surface area contributed by atoms with E-state index in [1.165, 1.54) is 7.14 Å². The van der Waals surface area contributed by atoms with E-state index in [-0.39, 0.29) is 0 Å². The highest BCUT2D eigenvalue weighted by molar-refractivity contribution is 14.1. The first-order chi connectivity index (χ1) is 8.40. The Morgan fingerprint density at radius 2 is 1.06 bits per heavy atom. The van der Waals surface area contributed by atoms with Gasteiger partial charge in [0.1, 0.15) is 0 Å². The fourth-order valence-corrected chi connectivity index (χ4v) is 2.98. The van der Waals surface area contributed by atoms with Crippen LogP contribution in [0.3, 0.4) is 0 Å². The SMILES string of the molecule is Clc1ccc(I)c(Br)c1.Clc1ccc(I)c(Br)c1. The van der Waals surface area contributed by atoms with E-state index in [4.69, 9.17) is 23.2 Å². The summed E-state index contributed by atoms with van der Waals surface area (Å²) < 4.78 is 4.46. The summed E-state index contributed by atoms with van der Waals surface area (Å²) in [5, 5.41) is 1.53. The molecular formula is C12H6Br2Cl2I2. The van der Waals surface area contributed by atoms with Crippen molar-refractivity contribution in [2.24, 2.45) is 0 Å². The third-order valence-corrected chi connectivity index (χ3v) is 6.91. The average Bonchev–Trinajstić information content (AvgIpc) is 2.30. The topological polar surface area (TPSA) is 0 Å². The predicted molar refractivity (Wildman–Crippen MR) is 104 cm³/mol. The van der Waals surface area contributed by atoms with Gasteiger partial charge in [0.15, 0.2) is 0 Å². The van der Waals surface area contributed by atoms with E-state index in [0.29, 0.717) is 0 Å². The van der Waals surface area contributed by atoms with Crippen molar-refractivity contribution in [2.45, 2.75) is 0 Å². The largest absolute Gasteiger partial charge is 0.0843 e. The summed E-state index contributed by atoms with van der Waals surface area (Å²) in [7, 11) is 0. The molecule has 2 aromatic carbocycles. The van der Waals surface area contributed by atoms with Crippen LogP contribution >= 0.6 is 100 Å². The molecule has 0 nitrogen and oxygen atoms in total. The van der Waals surface area contributed by atoms with Crippen molar-refractivity contribution in [3.8, 4) is 0 Å². The monoisotopic (exact) mass is 632 g/mol. The third-order valence-electron chi connectivity index (χ3n) is 1.76. The van der Waals surface area contributed by atoms with Gasteiger partial charge in [-0.15, -0.1) is 0 Å². The third kappa shape index (κ3) is 6.26. The number of hydrogen-bond acceptors (Lipinski definition) is 0. The van der Waals surface area contributed by atoms with Crippen LogP contribution in [0.15, 0.2) is 45.3 Å². The Morgan fingerprint density at radius 1 is 0.722 bits per heavy atom. The molecule has 0 aliphatic carbocycles. The highest BCUT2D eigenvalue weighted by Gasteiger charge is 1.94. The summed E-state index contributed by atoms with van der Waals surface area (Å²) in [6.45, 7) is 0. The molecular weight excluding hydrogens is 629 g/mol. The first-order valence-electron chi connectivity index (χ1n) is 4.61. The lowest BCUT2D eigenvalue weighted by Gasteiger charge is -1.93. The van der Waals surface area contributed by atoms with E-state index in [2.05, 4.69) is 77.0 Å². The van der Waals surface area contributed by atoms with Gasteiger partial charge >= 0.3 is 0 Å². The average molecular weight is 635 g/mol. The molecule has 0 aliphatic rings. The molecule has 0 saturated carbocycles. The van der Waals surface area contributed by atoms with Crippen LogP contribution in [-0.4, -0.2) is 0 Å². The maximum Gasteiger partial charge on any atom is 0.0417 e. The Morgan fingerprint density at radius 3 is 1.28 bits per heavy atom. The Hall–Kier alpha value is 1.44.